The van der Waals surface area contributed by atoms with Gasteiger partial charge in [0.25, 0.3) is 0 Å². The molecule has 0 aliphatic carbocycles. The highest BCUT2D eigenvalue weighted by molar-refractivity contribution is 5.95. The number of hydrogen-bond acceptors (Lipinski definition) is 3. The minimum absolute atomic E-state index is 0.00132. The Bertz CT molecular complexity index is 703. The maximum absolute atomic E-state index is 12.8. The second-order valence-electron chi connectivity index (χ2n) is 5.53. The van der Waals surface area contributed by atoms with Crippen LogP contribution in [0.5, 0.6) is 0 Å². The fourth-order valence-electron chi connectivity index (χ4n) is 2.47. The van der Waals surface area contributed by atoms with Crippen molar-refractivity contribution in [2.45, 2.75) is 40.2 Å². The molecule has 4 nitrogen and oxygen atoms in total. The Labute approximate surface area is 131 Å². The molecule has 0 saturated heterocycles. The number of terminal acetylenes is 1. The predicted molar refractivity (Wildman–Crippen MR) is 86.7 cm³/mol. The molecule has 114 valence electrons. The molecule has 0 atom stereocenters. The molecule has 4 heteroatoms. The molecule has 0 saturated carbocycles. The first-order valence-corrected chi connectivity index (χ1v) is 7.24. The average Bonchev–Trinajstić information content (AvgIpc) is 2.79. The lowest BCUT2D eigenvalue weighted by atomic mass is 10.1. The minimum atomic E-state index is -0.00132. The number of rotatable bonds is 4. The molecular weight excluding hydrogens is 276 g/mol. The highest BCUT2D eigenvalue weighted by Crippen LogP contribution is 2.21. The molecule has 0 radical (unpaired) electrons. The van der Waals surface area contributed by atoms with Crippen molar-refractivity contribution < 1.29 is 9.32 Å². The maximum atomic E-state index is 12.8. The Morgan fingerprint density at radius 1 is 1.41 bits per heavy atom. The van der Waals surface area contributed by atoms with E-state index in [1.54, 1.807) is 4.90 Å². The van der Waals surface area contributed by atoms with Crippen molar-refractivity contribution in [3.8, 4) is 12.3 Å². The summed E-state index contributed by atoms with van der Waals surface area (Å²) in [6, 6.07) is 7.49. The zero-order chi connectivity index (χ0) is 16.3. The van der Waals surface area contributed by atoms with Crippen LogP contribution in [0.1, 0.15) is 36.4 Å². The van der Waals surface area contributed by atoms with Crippen LogP contribution in [0.2, 0.25) is 0 Å². The lowest BCUT2D eigenvalue weighted by molar-refractivity contribution is -0.118. The van der Waals surface area contributed by atoms with Crippen molar-refractivity contribution in [3.63, 3.8) is 0 Å². The fourth-order valence-corrected chi connectivity index (χ4v) is 2.47. The summed E-state index contributed by atoms with van der Waals surface area (Å²) in [5.74, 6) is 3.29. The summed E-state index contributed by atoms with van der Waals surface area (Å²) in [5, 5.41) is 3.90. The SMILES string of the molecule is C#Cc1cccc(N(C(=O)Cc2c(C)noc2C)C(C)C)c1. The van der Waals surface area contributed by atoms with E-state index in [1.807, 2.05) is 52.0 Å². The molecule has 1 aromatic heterocycles. The van der Waals surface area contributed by atoms with Crippen LogP contribution in [0.3, 0.4) is 0 Å². The van der Waals surface area contributed by atoms with Gasteiger partial charge in [-0.25, -0.2) is 0 Å². The molecule has 1 heterocycles. The Morgan fingerprint density at radius 2 is 2.14 bits per heavy atom. The molecule has 0 fully saturated rings. The van der Waals surface area contributed by atoms with Gasteiger partial charge in [-0.15, -0.1) is 6.42 Å². The van der Waals surface area contributed by atoms with Gasteiger partial charge in [-0.1, -0.05) is 17.1 Å². The monoisotopic (exact) mass is 296 g/mol. The van der Waals surface area contributed by atoms with E-state index in [0.717, 1.165) is 22.5 Å². The number of anilines is 1. The zero-order valence-corrected chi connectivity index (χ0v) is 13.4. The third-order valence-electron chi connectivity index (χ3n) is 3.59. The van der Waals surface area contributed by atoms with Crippen LogP contribution in [0.25, 0.3) is 0 Å². The van der Waals surface area contributed by atoms with Crippen molar-refractivity contribution in [1.82, 2.24) is 5.16 Å². The van der Waals surface area contributed by atoms with Gasteiger partial charge in [0, 0.05) is 22.9 Å². The molecule has 0 aliphatic rings. The van der Waals surface area contributed by atoms with E-state index in [4.69, 9.17) is 10.9 Å². The number of benzene rings is 1. The first-order chi connectivity index (χ1) is 10.4. The third-order valence-corrected chi connectivity index (χ3v) is 3.59. The summed E-state index contributed by atoms with van der Waals surface area (Å²) in [4.78, 5) is 14.5. The summed E-state index contributed by atoms with van der Waals surface area (Å²) in [7, 11) is 0. The van der Waals surface area contributed by atoms with Gasteiger partial charge in [-0.05, 0) is 45.9 Å². The quantitative estimate of drug-likeness (QED) is 0.814. The normalized spacial score (nSPS) is 10.5. The van der Waals surface area contributed by atoms with Crippen LogP contribution < -0.4 is 4.90 Å². The van der Waals surface area contributed by atoms with Gasteiger partial charge < -0.3 is 9.42 Å². The molecule has 0 unspecified atom stereocenters. The standard InChI is InChI=1S/C18H20N2O2/c1-6-15-8-7-9-16(10-15)20(12(2)3)18(21)11-17-13(4)19-22-14(17)5/h1,7-10,12H,11H2,2-5H3. The number of carbonyl (C=O) groups excluding carboxylic acids is 1. The molecule has 1 aromatic carbocycles. The number of aryl methyl sites for hydroxylation is 2. The van der Waals surface area contributed by atoms with Gasteiger partial charge in [0.2, 0.25) is 5.91 Å². The van der Waals surface area contributed by atoms with E-state index in [9.17, 15) is 4.79 Å². The summed E-state index contributed by atoms with van der Waals surface area (Å²) in [5.41, 5.74) is 3.17. The van der Waals surface area contributed by atoms with Crippen LogP contribution in [0, 0.1) is 26.2 Å². The van der Waals surface area contributed by atoms with Gasteiger partial charge in [0.1, 0.15) is 5.76 Å². The third kappa shape index (κ3) is 3.20. The number of nitrogens with zero attached hydrogens (tertiary/aromatic N) is 2. The maximum Gasteiger partial charge on any atom is 0.231 e. The number of hydrogen-bond donors (Lipinski definition) is 0. The Balaban J connectivity index is 2.32. The van der Waals surface area contributed by atoms with Crippen molar-refractivity contribution in [1.29, 1.82) is 0 Å². The zero-order valence-electron chi connectivity index (χ0n) is 13.4. The molecule has 0 spiro atoms. The average molecular weight is 296 g/mol. The summed E-state index contributed by atoms with van der Waals surface area (Å²) < 4.78 is 5.13. The highest BCUT2D eigenvalue weighted by Gasteiger charge is 2.22. The van der Waals surface area contributed by atoms with Crippen LogP contribution in [-0.2, 0) is 11.2 Å². The van der Waals surface area contributed by atoms with Gasteiger partial charge in [-0.2, -0.15) is 0 Å². The van der Waals surface area contributed by atoms with E-state index in [1.165, 1.54) is 0 Å². The summed E-state index contributed by atoms with van der Waals surface area (Å²) in [6.07, 6.45) is 5.71. The lowest BCUT2D eigenvalue weighted by Crippen LogP contribution is -2.38. The van der Waals surface area contributed by atoms with Gasteiger partial charge in [-0.3, -0.25) is 4.79 Å². The van der Waals surface area contributed by atoms with E-state index >= 15 is 0 Å². The van der Waals surface area contributed by atoms with Gasteiger partial charge in [0.05, 0.1) is 12.1 Å². The topological polar surface area (TPSA) is 46.3 Å². The smallest absolute Gasteiger partial charge is 0.231 e. The van der Waals surface area contributed by atoms with E-state index in [0.29, 0.717) is 5.76 Å². The lowest BCUT2D eigenvalue weighted by Gasteiger charge is -2.27. The first kappa shape index (κ1) is 15.8. The molecule has 2 rings (SSSR count). The van der Waals surface area contributed by atoms with Crippen LogP contribution in [0.4, 0.5) is 5.69 Å². The van der Waals surface area contributed by atoms with Crippen molar-refractivity contribution in [2.24, 2.45) is 0 Å². The van der Waals surface area contributed by atoms with E-state index in [2.05, 4.69) is 11.1 Å². The minimum Gasteiger partial charge on any atom is -0.361 e. The Kier molecular flexibility index (Phi) is 4.67. The highest BCUT2D eigenvalue weighted by atomic mass is 16.5. The molecular formula is C18H20N2O2. The molecule has 2 aromatic rings. The molecule has 0 bridgehead atoms. The predicted octanol–water partition coefficient (Wildman–Crippen LogP) is 3.26. The first-order valence-electron chi connectivity index (χ1n) is 7.24. The Hall–Kier alpha value is -2.54. The van der Waals surface area contributed by atoms with Crippen LogP contribution in [-0.4, -0.2) is 17.1 Å². The summed E-state index contributed by atoms with van der Waals surface area (Å²) in [6.45, 7) is 7.63. The van der Waals surface area contributed by atoms with Crippen molar-refractivity contribution >= 4 is 11.6 Å². The molecule has 0 N–H and O–H groups in total. The van der Waals surface area contributed by atoms with Crippen LogP contribution in [0.15, 0.2) is 28.8 Å². The molecule has 0 aliphatic heterocycles. The molecule has 22 heavy (non-hydrogen) atoms. The van der Waals surface area contributed by atoms with Gasteiger partial charge >= 0.3 is 0 Å². The fraction of sp³-hybridized carbons (Fsp3) is 0.333. The second-order valence-corrected chi connectivity index (χ2v) is 5.53. The largest absolute Gasteiger partial charge is 0.361 e. The van der Waals surface area contributed by atoms with E-state index < -0.39 is 0 Å². The Morgan fingerprint density at radius 3 is 2.68 bits per heavy atom. The second kappa shape index (κ2) is 6.48. The van der Waals surface area contributed by atoms with Gasteiger partial charge in [0.15, 0.2) is 0 Å². The summed E-state index contributed by atoms with van der Waals surface area (Å²) >= 11 is 0. The number of carbonyl (C=O) groups is 1. The van der Waals surface area contributed by atoms with E-state index in [-0.39, 0.29) is 18.4 Å². The van der Waals surface area contributed by atoms with Crippen molar-refractivity contribution in [3.05, 3.63) is 46.8 Å². The molecule has 1 amide bonds. The van der Waals surface area contributed by atoms with Crippen LogP contribution >= 0.6 is 0 Å². The number of amides is 1. The van der Waals surface area contributed by atoms with Crippen molar-refractivity contribution in [2.75, 3.05) is 4.90 Å². The number of aromatic nitrogens is 1.